The molecule has 1 aromatic rings. The van der Waals surface area contributed by atoms with E-state index in [2.05, 4.69) is 51.7 Å². The highest BCUT2D eigenvalue weighted by atomic mass is 16.6. The number of hydrogen-bond acceptors (Lipinski definition) is 4. The Morgan fingerprint density at radius 2 is 2.00 bits per heavy atom. The molecule has 2 saturated heterocycles. The lowest BCUT2D eigenvalue weighted by molar-refractivity contribution is 0.0507. The second-order valence-electron chi connectivity index (χ2n) is 9.69. The van der Waals surface area contributed by atoms with Crippen molar-refractivity contribution >= 4 is 12.1 Å². The standard InChI is InChI=1S/C24H38N4O3/c1-18-8-6-7-9-20(18)24(11-14-30-15-12-24)17-26-21(25-5)28-13-10-19(16-28)27-22(29)31-23(2,3)4/h6-9,19H,10-17H2,1-5H3,(H,25,26)(H,27,29). The molecule has 7 nitrogen and oxygen atoms in total. The van der Waals surface area contributed by atoms with Crippen molar-refractivity contribution in [3.05, 3.63) is 35.4 Å². The molecule has 3 rings (SSSR count). The van der Waals surface area contributed by atoms with Gasteiger partial charge in [0.25, 0.3) is 0 Å². The van der Waals surface area contributed by atoms with Crippen LogP contribution in [0.5, 0.6) is 0 Å². The largest absolute Gasteiger partial charge is 0.444 e. The highest BCUT2D eigenvalue weighted by molar-refractivity contribution is 5.80. The Hall–Kier alpha value is -2.28. The topological polar surface area (TPSA) is 75.2 Å². The van der Waals surface area contributed by atoms with Crippen LogP contribution in [-0.2, 0) is 14.9 Å². The fraction of sp³-hybridized carbons (Fsp3) is 0.667. The van der Waals surface area contributed by atoms with Gasteiger partial charge in [0.2, 0.25) is 0 Å². The van der Waals surface area contributed by atoms with Crippen LogP contribution in [-0.4, -0.2) is 68.5 Å². The van der Waals surface area contributed by atoms with E-state index >= 15 is 0 Å². The monoisotopic (exact) mass is 430 g/mol. The Morgan fingerprint density at radius 3 is 2.65 bits per heavy atom. The van der Waals surface area contributed by atoms with Crippen molar-refractivity contribution in [1.29, 1.82) is 0 Å². The predicted octanol–water partition coefficient (Wildman–Crippen LogP) is 3.22. The molecule has 0 aliphatic carbocycles. The minimum absolute atomic E-state index is 0.0351. The molecule has 172 valence electrons. The quantitative estimate of drug-likeness (QED) is 0.567. The number of aryl methyl sites for hydroxylation is 1. The van der Waals surface area contributed by atoms with Gasteiger partial charge in [-0.25, -0.2) is 4.79 Å². The van der Waals surface area contributed by atoms with Crippen molar-refractivity contribution in [1.82, 2.24) is 15.5 Å². The lowest BCUT2D eigenvalue weighted by atomic mass is 9.72. The first-order chi connectivity index (χ1) is 14.7. The summed E-state index contributed by atoms with van der Waals surface area (Å²) in [4.78, 5) is 18.9. The van der Waals surface area contributed by atoms with Gasteiger partial charge in [0.15, 0.2) is 5.96 Å². The Labute approximate surface area is 186 Å². The lowest BCUT2D eigenvalue weighted by Crippen LogP contribution is -2.49. The predicted molar refractivity (Wildman–Crippen MR) is 124 cm³/mol. The highest BCUT2D eigenvalue weighted by Crippen LogP contribution is 2.36. The summed E-state index contributed by atoms with van der Waals surface area (Å²) in [5.74, 6) is 0.882. The zero-order chi connectivity index (χ0) is 22.5. The molecular formula is C24H38N4O3. The molecule has 1 aromatic carbocycles. The average Bonchev–Trinajstić information content (AvgIpc) is 3.16. The molecule has 2 aliphatic rings. The number of hydrogen-bond donors (Lipinski definition) is 2. The fourth-order valence-electron chi connectivity index (χ4n) is 4.60. The van der Waals surface area contributed by atoms with Crippen LogP contribution in [0.1, 0.15) is 51.2 Å². The molecule has 1 amide bonds. The Morgan fingerprint density at radius 1 is 1.29 bits per heavy atom. The number of amides is 1. The average molecular weight is 431 g/mol. The van der Waals surface area contributed by atoms with Crippen molar-refractivity contribution in [2.45, 2.75) is 64.0 Å². The maximum Gasteiger partial charge on any atom is 0.407 e. The number of benzene rings is 1. The van der Waals surface area contributed by atoms with Crippen molar-refractivity contribution in [3.8, 4) is 0 Å². The van der Waals surface area contributed by atoms with Gasteiger partial charge in [0.05, 0.1) is 6.04 Å². The maximum atomic E-state index is 12.1. The SMILES string of the molecule is CN=C(NCC1(c2ccccc2C)CCOCC1)N1CCC(NC(=O)OC(C)(C)C)C1. The van der Waals surface area contributed by atoms with E-state index < -0.39 is 5.60 Å². The van der Waals surface area contributed by atoms with Crippen LogP contribution in [0.15, 0.2) is 29.3 Å². The van der Waals surface area contributed by atoms with Crippen LogP contribution in [0.2, 0.25) is 0 Å². The minimum Gasteiger partial charge on any atom is -0.444 e. The number of aliphatic imine (C=N–C) groups is 1. The molecule has 2 N–H and O–H groups in total. The summed E-state index contributed by atoms with van der Waals surface area (Å²) >= 11 is 0. The molecular weight excluding hydrogens is 392 g/mol. The molecule has 2 heterocycles. The Bertz CT molecular complexity index is 781. The van der Waals surface area contributed by atoms with Gasteiger partial charge in [-0.1, -0.05) is 24.3 Å². The normalized spacial score (nSPS) is 21.6. The maximum absolute atomic E-state index is 12.1. The third kappa shape index (κ3) is 6.12. The van der Waals surface area contributed by atoms with Gasteiger partial charge in [-0.15, -0.1) is 0 Å². The second-order valence-corrected chi connectivity index (χ2v) is 9.69. The van der Waals surface area contributed by atoms with Crippen molar-refractivity contribution in [2.75, 3.05) is 39.9 Å². The van der Waals surface area contributed by atoms with E-state index in [9.17, 15) is 4.79 Å². The highest BCUT2D eigenvalue weighted by Gasteiger charge is 2.36. The third-order valence-corrected chi connectivity index (χ3v) is 6.17. The first-order valence-corrected chi connectivity index (χ1v) is 11.3. The van der Waals surface area contributed by atoms with Crippen LogP contribution in [0, 0.1) is 6.92 Å². The molecule has 1 atom stereocenters. The summed E-state index contributed by atoms with van der Waals surface area (Å²) in [6.07, 6.45) is 2.49. The van der Waals surface area contributed by atoms with Crippen molar-refractivity contribution in [2.24, 2.45) is 4.99 Å². The number of guanidine groups is 1. The lowest BCUT2D eigenvalue weighted by Gasteiger charge is -2.39. The Balaban J connectivity index is 1.62. The first-order valence-electron chi connectivity index (χ1n) is 11.3. The number of carbonyl (C=O) groups excluding carboxylic acids is 1. The molecule has 2 aliphatic heterocycles. The van der Waals surface area contributed by atoms with E-state index in [-0.39, 0.29) is 17.6 Å². The van der Waals surface area contributed by atoms with Crippen LogP contribution in [0.4, 0.5) is 4.79 Å². The van der Waals surface area contributed by atoms with E-state index in [0.717, 1.165) is 58.1 Å². The summed E-state index contributed by atoms with van der Waals surface area (Å²) < 4.78 is 11.1. The number of alkyl carbamates (subject to hydrolysis) is 1. The van der Waals surface area contributed by atoms with Gasteiger partial charge >= 0.3 is 6.09 Å². The van der Waals surface area contributed by atoms with Crippen LogP contribution in [0.3, 0.4) is 0 Å². The third-order valence-electron chi connectivity index (χ3n) is 6.17. The number of nitrogens with one attached hydrogen (secondary N) is 2. The summed E-state index contributed by atoms with van der Waals surface area (Å²) in [7, 11) is 1.82. The molecule has 0 aromatic heterocycles. The summed E-state index contributed by atoms with van der Waals surface area (Å²) in [5, 5.41) is 6.62. The van der Waals surface area contributed by atoms with Gasteiger partial charge in [-0.3, -0.25) is 4.99 Å². The summed E-state index contributed by atoms with van der Waals surface area (Å²) in [6, 6.07) is 8.72. The number of rotatable bonds is 4. The summed E-state index contributed by atoms with van der Waals surface area (Å²) in [6.45, 7) is 11.8. The molecule has 1 unspecified atom stereocenters. The summed E-state index contributed by atoms with van der Waals surface area (Å²) in [5.41, 5.74) is 2.26. The van der Waals surface area contributed by atoms with E-state index in [4.69, 9.17) is 9.47 Å². The number of likely N-dealkylation sites (tertiary alicyclic amines) is 1. The van der Waals surface area contributed by atoms with Gasteiger partial charge < -0.3 is 25.0 Å². The van der Waals surface area contributed by atoms with Gasteiger partial charge in [0.1, 0.15) is 5.60 Å². The molecule has 0 radical (unpaired) electrons. The zero-order valence-electron chi connectivity index (χ0n) is 19.7. The molecule has 31 heavy (non-hydrogen) atoms. The molecule has 7 heteroatoms. The molecule has 2 fully saturated rings. The van der Waals surface area contributed by atoms with Gasteiger partial charge in [0, 0.05) is 45.3 Å². The smallest absolute Gasteiger partial charge is 0.407 e. The number of nitrogens with zero attached hydrogens (tertiary/aromatic N) is 2. The first kappa shape index (κ1) is 23.4. The van der Waals surface area contributed by atoms with Gasteiger partial charge in [-0.05, 0) is 58.1 Å². The van der Waals surface area contributed by atoms with E-state index in [0.29, 0.717) is 0 Å². The number of ether oxygens (including phenoxy) is 2. The molecule has 0 bridgehead atoms. The molecule has 0 spiro atoms. The van der Waals surface area contributed by atoms with E-state index in [1.165, 1.54) is 11.1 Å². The molecule has 0 saturated carbocycles. The van der Waals surface area contributed by atoms with Gasteiger partial charge in [-0.2, -0.15) is 0 Å². The number of carbonyl (C=O) groups is 1. The van der Waals surface area contributed by atoms with E-state index in [1.807, 2.05) is 27.8 Å². The van der Waals surface area contributed by atoms with Crippen molar-refractivity contribution < 1.29 is 14.3 Å². The minimum atomic E-state index is -0.492. The van der Waals surface area contributed by atoms with Crippen LogP contribution < -0.4 is 10.6 Å². The van der Waals surface area contributed by atoms with Crippen LogP contribution in [0.25, 0.3) is 0 Å². The zero-order valence-corrected chi connectivity index (χ0v) is 19.7. The second kappa shape index (κ2) is 9.90. The van der Waals surface area contributed by atoms with Crippen molar-refractivity contribution in [3.63, 3.8) is 0 Å². The Kier molecular flexibility index (Phi) is 7.46. The van der Waals surface area contributed by atoms with E-state index in [1.54, 1.807) is 0 Å². The fourth-order valence-corrected chi connectivity index (χ4v) is 4.60. The van der Waals surface area contributed by atoms with Crippen LogP contribution >= 0.6 is 0 Å².